The molecule has 0 N–H and O–H groups in total. The van der Waals surface area contributed by atoms with Crippen molar-refractivity contribution in [3.8, 4) is 0 Å². The first kappa shape index (κ1) is 13.3. The minimum absolute atomic E-state index is 0.0303. The fourth-order valence-electron chi connectivity index (χ4n) is 1.76. The maximum atomic E-state index is 12.1. The molecule has 0 aliphatic carbocycles. The van der Waals surface area contributed by atoms with Crippen LogP contribution in [0.3, 0.4) is 0 Å². The van der Waals surface area contributed by atoms with Crippen molar-refractivity contribution in [2.45, 2.75) is 45.1 Å². The van der Waals surface area contributed by atoms with Crippen LogP contribution in [0.2, 0.25) is 0 Å². The van der Waals surface area contributed by atoms with Gasteiger partial charge in [0.05, 0.1) is 12.2 Å². The van der Waals surface area contributed by atoms with E-state index in [1.165, 1.54) is 0 Å². The van der Waals surface area contributed by atoms with Crippen LogP contribution in [0.1, 0.15) is 26.7 Å². The lowest BCUT2D eigenvalue weighted by Gasteiger charge is -2.33. The van der Waals surface area contributed by atoms with Crippen molar-refractivity contribution >= 4 is 5.91 Å². The number of nitrogens with zero attached hydrogens (tertiary/aromatic N) is 1. The zero-order valence-electron chi connectivity index (χ0n) is 9.38. The third-order valence-corrected chi connectivity index (χ3v) is 2.44. The van der Waals surface area contributed by atoms with E-state index in [-0.39, 0.29) is 25.3 Å². The molecule has 94 valence electrons. The molecule has 3 nitrogen and oxygen atoms in total. The van der Waals surface area contributed by atoms with E-state index in [0.717, 1.165) is 4.90 Å². The van der Waals surface area contributed by atoms with E-state index in [9.17, 15) is 18.0 Å². The average Bonchev–Trinajstić information content (AvgIpc) is 2.15. The van der Waals surface area contributed by atoms with Gasteiger partial charge in [0, 0.05) is 13.1 Å². The molecule has 0 spiro atoms. The third-order valence-electron chi connectivity index (χ3n) is 2.44. The predicted molar refractivity (Wildman–Crippen MR) is 51.9 cm³/mol. The Bertz CT molecular complexity index is 245. The Morgan fingerprint density at radius 2 is 1.81 bits per heavy atom. The molecule has 1 aliphatic rings. The van der Waals surface area contributed by atoms with Gasteiger partial charge in [0.25, 0.3) is 0 Å². The summed E-state index contributed by atoms with van der Waals surface area (Å²) in [4.78, 5) is 11.8. The van der Waals surface area contributed by atoms with Crippen LogP contribution >= 0.6 is 0 Å². The van der Waals surface area contributed by atoms with Crippen LogP contribution in [0.15, 0.2) is 0 Å². The van der Waals surface area contributed by atoms with Crippen molar-refractivity contribution in [3.63, 3.8) is 0 Å². The lowest BCUT2D eigenvalue weighted by Crippen LogP contribution is -2.47. The van der Waals surface area contributed by atoms with Gasteiger partial charge < -0.3 is 9.64 Å². The van der Waals surface area contributed by atoms with Gasteiger partial charge in [0.15, 0.2) is 0 Å². The number of carbonyl (C=O) groups is 1. The van der Waals surface area contributed by atoms with Gasteiger partial charge in [-0.15, -0.1) is 0 Å². The highest BCUT2D eigenvalue weighted by Crippen LogP contribution is 2.22. The maximum Gasteiger partial charge on any atom is 0.471 e. The Kier molecular flexibility index (Phi) is 4.18. The van der Waals surface area contributed by atoms with Crippen LogP contribution in [-0.2, 0) is 9.53 Å². The van der Waals surface area contributed by atoms with Gasteiger partial charge in [-0.25, -0.2) is 0 Å². The number of rotatable bonds is 2. The number of hydrogen-bond donors (Lipinski definition) is 0. The molecule has 1 heterocycles. The van der Waals surface area contributed by atoms with Gasteiger partial charge in [-0.1, -0.05) is 0 Å². The van der Waals surface area contributed by atoms with E-state index in [4.69, 9.17) is 4.74 Å². The van der Waals surface area contributed by atoms with Crippen LogP contribution < -0.4 is 0 Å². The third kappa shape index (κ3) is 3.66. The predicted octanol–water partition coefficient (Wildman–Crippen LogP) is 1.96. The summed E-state index contributed by atoms with van der Waals surface area (Å²) in [6.45, 7) is 4.01. The second-order valence-electron chi connectivity index (χ2n) is 4.17. The molecule has 0 radical (unpaired) electrons. The van der Waals surface area contributed by atoms with Crippen molar-refractivity contribution in [1.29, 1.82) is 0 Å². The number of likely N-dealkylation sites (tertiary alicyclic amines) is 1. The van der Waals surface area contributed by atoms with E-state index in [2.05, 4.69) is 0 Å². The quantitative estimate of drug-likeness (QED) is 0.737. The highest BCUT2D eigenvalue weighted by atomic mass is 19.4. The van der Waals surface area contributed by atoms with Crippen molar-refractivity contribution in [2.75, 3.05) is 13.1 Å². The summed E-state index contributed by atoms with van der Waals surface area (Å²) in [5.41, 5.74) is 0. The molecule has 0 aromatic rings. The van der Waals surface area contributed by atoms with E-state index in [0.29, 0.717) is 12.8 Å². The summed E-state index contributed by atoms with van der Waals surface area (Å²) < 4.78 is 41.8. The Morgan fingerprint density at radius 3 is 2.19 bits per heavy atom. The zero-order valence-corrected chi connectivity index (χ0v) is 9.38. The Morgan fingerprint density at radius 1 is 1.31 bits per heavy atom. The Labute approximate surface area is 92.5 Å². The van der Waals surface area contributed by atoms with E-state index >= 15 is 0 Å². The monoisotopic (exact) mass is 239 g/mol. The number of amides is 1. The number of halogens is 3. The number of alkyl halides is 3. The summed E-state index contributed by atoms with van der Waals surface area (Å²) in [7, 11) is 0. The van der Waals surface area contributed by atoms with E-state index in [1.54, 1.807) is 0 Å². The van der Waals surface area contributed by atoms with Gasteiger partial charge in [-0.05, 0) is 26.7 Å². The molecule has 6 heteroatoms. The molecule has 1 saturated heterocycles. The summed E-state index contributed by atoms with van der Waals surface area (Å²) in [5, 5.41) is 0. The van der Waals surface area contributed by atoms with Crippen LogP contribution in [0.25, 0.3) is 0 Å². The molecule has 1 aliphatic heterocycles. The summed E-state index contributed by atoms with van der Waals surface area (Å²) >= 11 is 0. The number of hydrogen-bond acceptors (Lipinski definition) is 2. The lowest BCUT2D eigenvalue weighted by molar-refractivity contribution is -0.187. The fourth-order valence-corrected chi connectivity index (χ4v) is 1.76. The highest BCUT2D eigenvalue weighted by molar-refractivity contribution is 5.81. The molecule has 1 rings (SSSR count). The number of carbonyl (C=O) groups excluding carboxylic acids is 1. The second kappa shape index (κ2) is 5.03. The molecule has 0 aromatic heterocycles. The second-order valence-corrected chi connectivity index (χ2v) is 4.17. The van der Waals surface area contributed by atoms with Crippen LogP contribution in [0, 0.1) is 0 Å². The molecular weight excluding hydrogens is 223 g/mol. The minimum atomic E-state index is -4.76. The summed E-state index contributed by atoms with van der Waals surface area (Å²) in [6.07, 6.45) is -3.78. The van der Waals surface area contributed by atoms with Gasteiger partial charge in [-0.3, -0.25) is 4.79 Å². The lowest BCUT2D eigenvalue weighted by atomic mass is 10.1. The SMILES string of the molecule is CC(C)OC1CCN(C(=O)C(F)(F)F)CC1. The molecule has 0 unspecified atom stereocenters. The minimum Gasteiger partial charge on any atom is -0.375 e. The molecule has 0 bridgehead atoms. The van der Waals surface area contributed by atoms with Crippen molar-refractivity contribution in [2.24, 2.45) is 0 Å². The van der Waals surface area contributed by atoms with Crippen molar-refractivity contribution in [3.05, 3.63) is 0 Å². The molecule has 0 saturated carbocycles. The molecule has 1 amide bonds. The van der Waals surface area contributed by atoms with E-state index < -0.39 is 12.1 Å². The molecular formula is C10H16F3NO2. The molecule has 0 atom stereocenters. The first-order valence-electron chi connectivity index (χ1n) is 5.32. The Balaban J connectivity index is 2.40. The smallest absolute Gasteiger partial charge is 0.375 e. The van der Waals surface area contributed by atoms with Crippen molar-refractivity contribution in [1.82, 2.24) is 4.90 Å². The topological polar surface area (TPSA) is 29.5 Å². The number of ether oxygens (including phenoxy) is 1. The molecule has 0 aromatic carbocycles. The highest BCUT2D eigenvalue weighted by Gasteiger charge is 2.43. The standard InChI is InChI=1S/C10H16F3NO2/c1-7(2)16-8-3-5-14(6-4-8)9(15)10(11,12)13/h7-8H,3-6H2,1-2H3. The van der Waals surface area contributed by atoms with Crippen LogP contribution in [-0.4, -0.2) is 42.3 Å². The number of piperidine rings is 1. The normalized spacial score (nSPS) is 19.2. The first-order chi connectivity index (χ1) is 7.30. The van der Waals surface area contributed by atoms with Gasteiger partial charge in [-0.2, -0.15) is 13.2 Å². The van der Waals surface area contributed by atoms with Crippen molar-refractivity contribution < 1.29 is 22.7 Å². The van der Waals surface area contributed by atoms with Gasteiger partial charge in [0.1, 0.15) is 0 Å². The summed E-state index contributed by atoms with van der Waals surface area (Å²) in [5.74, 6) is -1.74. The average molecular weight is 239 g/mol. The van der Waals surface area contributed by atoms with Gasteiger partial charge >= 0.3 is 12.1 Å². The van der Waals surface area contributed by atoms with Crippen LogP contribution in [0.5, 0.6) is 0 Å². The first-order valence-corrected chi connectivity index (χ1v) is 5.32. The van der Waals surface area contributed by atoms with E-state index in [1.807, 2.05) is 13.8 Å². The maximum absolute atomic E-state index is 12.1. The summed E-state index contributed by atoms with van der Waals surface area (Å²) in [6, 6.07) is 0. The van der Waals surface area contributed by atoms with Crippen LogP contribution in [0.4, 0.5) is 13.2 Å². The fraction of sp³-hybridized carbons (Fsp3) is 0.900. The van der Waals surface area contributed by atoms with Gasteiger partial charge in [0.2, 0.25) is 0 Å². The zero-order chi connectivity index (χ0) is 12.3. The molecule has 1 fully saturated rings. The largest absolute Gasteiger partial charge is 0.471 e. The Hall–Kier alpha value is -0.780. The molecule has 16 heavy (non-hydrogen) atoms.